The minimum atomic E-state index is -0.632. The first kappa shape index (κ1) is 11.8. The maximum absolute atomic E-state index is 11.1. The van der Waals surface area contributed by atoms with Crippen molar-refractivity contribution in [3.05, 3.63) is 0 Å². The molecule has 0 radical (unpaired) electrons. The molecular formula is C9H14O4. The third-order valence-corrected chi connectivity index (χ3v) is 1.60. The lowest BCUT2D eigenvalue weighted by Crippen LogP contribution is -2.21. The summed E-state index contributed by atoms with van der Waals surface area (Å²) in [6.07, 6.45) is 0.647. The zero-order valence-electron chi connectivity index (χ0n) is 8.12. The molecule has 0 bridgehead atoms. The van der Waals surface area contributed by atoms with Gasteiger partial charge in [0.2, 0.25) is 0 Å². The summed E-state index contributed by atoms with van der Waals surface area (Å²) in [6.45, 7) is 4.34. The van der Waals surface area contributed by atoms with Gasteiger partial charge >= 0.3 is 11.9 Å². The molecule has 0 rings (SSSR count). The first-order valence-electron chi connectivity index (χ1n) is 4.19. The number of Topliss-reactive ketones (excluding diaryl/α,β-unsaturated/α-hetero) is 1. The quantitative estimate of drug-likeness (QED) is 0.487. The van der Waals surface area contributed by atoms with Gasteiger partial charge in [-0.2, -0.15) is 0 Å². The van der Waals surface area contributed by atoms with E-state index in [0.717, 1.165) is 0 Å². The third kappa shape index (κ3) is 5.11. The van der Waals surface area contributed by atoms with Gasteiger partial charge in [0.1, 0.15) is 5.78 Å². The third-order valence-electron chi connectivity index (χ3n) is 1.60. The molecule has 0 aromatic carbocycles. The van der Waals surface area contributed by atoms with Gasteiger partial charge in [-0.25, -0.2) is 0 Å². The van der Waals surface area contributed by atoms with Gasteiger partial charge < -0.3 is 9.53 Å². The molecule has 0 fully saturated rings. The van der Waals surface area contributed by atoms with Crippen molar-refractivity contribution in [3.63, 3.8) is 0 Å². The van der Waals surface area contributed by atoms with Gasteiger partial charge in [-0.3, -0.25) is 9.59 Å². The Hall–Kier alpha value is -1.19. The van der Waals surface area contributed by atoms with E-state index < -0.39 is 17.9 Å². The molecule has 0 saturated heterocycles. The van der Waals surface area contributed by atoms with E-state index in [2.05, 4.69) is 4.74 Å². The van der Waals surface area contributed by atoms with Crippen LogP contribution in [0.1, 0.15) is 33.6 Å². The van der Waals surface area contributed by atoms with Gasteiger partial charge in [0, 0.05) is 13.3 Å². The molecule has 0 aromatic rings. The van der Waals surface area contributed by atoms with Crippen molar-refractivity contribution in [1.29, 1.82) is 0 Å². The number of ketones is 1. The van der Waals surface area contributed by atoms with Crippen LogP contribution in [-0.4, -0.2) is 17.7 Å². The predicted molar refractivity (Wildman–Crippen MR) is 45.9 cm³/mol. The van der Waals surface area contributed by atoms with Crippen molar-refractivity contribution in [3.8, 4) is 0 Å². The molecule has 0 amide bonds. The minimum Gasteiger partial charge on any atom is -0.393 e. The molecule has 0 aliphatic rings. The first-order valence-corrected chi connectivity index (χ1v) is 4.19. The summed E-state index contributed by atoms with van der Waals surface area (Å²) < 4.78 is 4.37. The SMILES string of the molecule is CCC(CC(C)=O)C(=O)OC(C)=O. The minimum absolute atomic E-state index is 0.0765. The van der Waals surface area contributed by atoms with E-state index in [9.17, 15) is 14.4 Å². The molecule has 0 spiro atoms. The van der Waals surface area contributed by atoms with Gasteiger partial charge in [0.15, 0.2) is 0 Å². The number of rotatable bonds is 4. The molecular weight excluding hydrogens is 172 g/mol. The average molecular weight is 186 g/mol. The Morgan fingerprint density at radius 2 is 1.77 bits per heavy atom. The Morgan fingerprint density at radius 3 is 2.08 bits per heavy atom. The molecule has 0 N–H and O–H groups in total. The predicted octanol–water partition coefficient (Wildman–Crippen LogP) is 1.08. The second-order valence-corrected chi connectivity index (χ2v) is 2.92. The molecule has 13 heavy (non-hydrogen) atoms. The van der Waals surface area contributed by atoms with E-state index >= 15 is 0 Å². The Labute approximate surface area is 77.3 Å². The first-order chi connectivity index (χ1) is 5.97. The summed E-state index contributed by atoms with van der Waals surface area (Å²) >= 11 is 0. The zero-order chi connectivity index (χ0) is 10.4. The largest absolute Gasteiger partial charge is 0.393 e. The second-order valence-electron chi connectivity index (χ2n) is 2.92. The number of carbonyl (C=O) groups excluding carboxylic acids is 3. The fourth-order valence-electron chi connectivity index (χ4n) is 0.966. The van der Waals surface area contributed by atoms with E-state index in [4.69, 9.17) is 0 Å². The summed E-state index contributed by atoms with van der Waals surface area (Å²) in [6, 6.07) is 0. The van der Waals surface area contributed by atoms with Crippen molar-refractivity contribution in [1.82, 2.24) is 0 Å². The van der Waals surface area contributed by atoms with Crippen LogP contribution in [-0.2, 0) is 19.1 Å². The normalized spacial score (nSPS) is 11.9. The number of esters is 2. The highest BCUT2D eigenvalue weighted by molar-refractivity contribution is 5.88. The van der Waals surface area contributed by atoms with E-state index in [1.165, 1.54) is 13.8 Å². The molecule has 0 saturated carbocycles. The van der Waals surface area contributed by atoms with E-state index in [0.29, 0.717) is 6.42 Å². The standard InChI is InChI=1S/C9H14O4/c1-4-8(5-6(2)10)9(12)13-7(3)11/h8H,4-5H2,1-3H3. The molecule has 0 aliphatic heterocycles. The van der Waals surface area contributed by atoms with Crippen LogP contribution in [0.4, 0.5) is 0 Å². The molecule has 74 valence electrons. The smallest absolute Gasteiger partial charge is 0.317 e. The molecule has 0 heterocycles. The maximum atomic E-state index is 11.1. The van der Waals surface area contributed by atoms with Crippen molar-refractivity contribution in [2.75, 3.05) is 0 Å². The Morgan fingerprint density at radius 1 is 1.23 bits per heavy atom. The zero-order valence-corrected chi connectivity index (χ0v) is 8.12. The lowest BCUT2D eigenvalue weighted by molar-refractivity contribution is -0.162. The van der Waals surface area contributed by atoms with Crippen LogP contribution in [0.15, 0.2) is 0 Å². The highest BCUT2D eigenvalue weighted by Gasteiger charge is 2.20. The molecule has 1 unspecified atom stereocenters. The number of carbonyl (C=O) groups is 3. The van der Waals surface area contributed by atoms with Crippen LogP contribution in [0.5, 0.6) is 0 Å². The van der Waals surface area contributed by atoms with Gasteiger partial charge in [-0.15, -0.1) is 0 Å². The fourth-order valence-corrected chi connectivity index (χ4v) is 0.966. The topological polar surface area (TPSA) is 60.4 Å². The van der Waals surface area contributed by atoms with Crippen molar-refractivity contribution in [2.24, 2.45) is 5.92 Å². The van der Waals surface area contributed by atoms with Gasteiger partial charge in [-0.05, 0) is 13.3 Å². The Bertz CT molecular complexity index is 220. The summed E-state index contributed by atoms with van der Waals surface area (Å²) in [7, 11) is 0. The number of hydrogen-bond donors (Lipinski definition) is 0. The summed E-state index contributed by atoms with van der Waals surface area (Å²) in [4.78, 5) is 32.3. The van der Waals surface area contributed by atoms with Crippen molar-refractivity contribution < 1.29 is 19.1 Å². The van der Waals surface area contributed by atoms with E-state index in [-0.39, 0.29) is 12.2 Å². The van der Waals surface area contributed by atoms with Crippen LogP contribution < -0.4 is 0 Å². The maximum Gasteiger partial charge on any atom is 0.317 e. The fraction of sp³-hybridized carbons (Fsp3) is 0.667. The molecule has 1 atom stereocenters. The number of hydrogen-bond acceptors (Lipinski definition) is 4. The highest BCUT2D eigenvalue weighted by atomic mass is 16.6. The summed E-state index contributed by atoms with van der Waals surface area (Å²) in [5, 5.41) is 0. The van der Waals surface area contributed by atoms with Gasteiger partial charge in [-0.1, -0.05) is 6.92 Å². The molecule has 0 aromatic heterocycles. The van der Waals surface area contributed by atoms with Crippen LogP contribution in [0.25, 0.3) is 0 Å². The highest BCUT2D eigenvalue weighted by Crippen LogP contribution is 2.10. The lowest BCUT2D eigenvalue weighted by Gasteiger charge is -2.09. The Balaban J connectivity index is 4.15. The van der Waals surface area contributed by atoms with Crippen LogP contribution in [0, 0.1) is 5.92 Å². The summed E-state index contributed by atoms with van der Waals surface area (Å²) in [5.74, 6) is -1.80. The van der Waals surface area contributed by atoms with Crippen molar-refractivity contribution >= 4 is 17.7 Å². The van der Waals surface area contributed by atoms with Crippen LogP contribution in [0.3, 0.4) is 0 Å². The molecule has 4 heteroatoms. The van der Waals surface area contributed by atoms with Crippen LogP contribution in [0.2, 0.25) is 0 Å². The van der Waals surface area contributed by atoms with Crippen molar-refractivity contribution in [2.45, 2.75) is 33.6 Å². The van der Waals surface area contributed by atoms with Gasteiger partial charge in [0.25, 0.3) is 0 Å². The van der Waals surface area contributed by atoms with Gasteiger partial charge in [0.05, 0.1) is 5.92 Å². The second kappa shape index (κ2) is 5.45. The monoisotopic (exact) mass is 186 g/mol. The molecule has 0 aliphatic carbocycles. The van der Waals surface area contributed by atoms with E-state index in [1.807, 2.05) is 0 Å². The van der Waals surface area contributed by atoms with E-state index in [1.54, 1.807) is 6.92 Å². The van der Waals surface area contributed by atoms with Crippen LogP contribution >= 0.6 is 0 Å². The lowest BCUT2D eigenvalue weighted by atomic mass is 10.0. The number of ether oxygens (including phenoxy) is 1. The summed E-state index contributed by atoms with van der Waals surface area (Å²) in [5.41, 5.74) is 0. The molecule has 4 nitrogen and oxygen atoms in total. The average Bonchev–Trinajstić information content (AvgIpc) is 1.98. The Kier molecular flexibility index (Phi) is 4.96.